The number of nitrogens with zero attached hydrogens (tertiary/aromatic N) is 5. The van der Waals surface area contributed by atoms with E-state index in [1.807, 2.05) is 68.7 Å². The second-order valence-corrected chi connectivity index (χ2v) is 11.7. The number of rotatable bonds is 10. The molecular weight excluding hydrogens is 594 g/mol. The molecule has 1 aliphatic heterocycles. The number of ether oxygens (including phenoxy) is 2. The van der Waals surface area contributed by atoms with Crippen molar-refractivity contribution in [2.24, 2.45) is 7.05 Å². The Morgan fingerprint density at radius 2 is 1.72 bits per heavy atom. The molecule has 11 heteroatoms. The Morgan fingerprint density at radius 3 is 2.43 bits per heavy atom. The largest absolute Gasteiger partial charge is 0.465 e. The molecule has 3 heterocycles. The number of carbonyl (C=O) groups excluding carboxylic acids is 2. The summed E-state index contributed by atoms with van der Waals surface area (Å²) in [5.41, 5.74) is 6.94. The Balaban J connectivity index is 1.26. The molecule has 1 saturated heterocycles. The van der Waals surface area contributed by atoms with E-state index in [-0.39, 0.29) is 24.0 Å². The van der Waals surface area contributed by atoms with Crippen LogP contribution in [0.5, 0.6) is 0 Å². The molecule has 0 unspecified atom stereocenters. The monoisotopic (exact) mass is 633 g/mol. The Kier molecular flexibility index (Phi) is 9.46. The fourth-order valence-corrected chi connectivity index (χ4v) is 6.17. The van der Waals surface area contributed by atoms with E-state index < -0.39 is 0 Å². The molecule has 242 valence electrons. The zero-order valence-corrected chi connectivity index (χ0v) is 27.0. The molecule has 2 atom stereocenters. The predicted molar refractivity (Wildman–Crippen MR) is 181 cm³/mol. The SMILES string of the molecule is COCCN1C[C@@H](NC(=O)Nc2c(C)c(-c3cnn(C)c3)nn2-c2ccccc2)[C@H](c2cccc(-c3ccc(C(=O)OC)cc3)c2)C1. The van der Waals surface area contributed by atoms with E-state index >= 15 is 0 Å². The van der Waals surface area contributed by atoms with Gasteiger partial charge in [-0.05, 0) is 47.9 Å². The summed E-state index contributed by atoms with van der Waals surface area (Å²) in [5.74, 6) is 0.267. The van der Waals surface area contributed by atoms with Crippen molar-refractivity contribution in [1.29, 1.82) is 0 Å². The highest BCUT2D eigenvalue weighted by atomic mass is 16.5. The van der Waals surface area contributed by atoms with Gasteiger partial charge in [-0.25, -0.2) is 14.3 Å². The molecule has 2 amide bonds. The molecule has 1 fully saturated rings. The van der Waals surface area contributed by atoms with Crippen molar-refractivity contribution in [3.05, 3.63) is 108 Å². The van der Waals surface area contributed by atoms with Crippen molar-refractivity contribution >= 4 is 17.8 Å². The summed E-state index contributed by atoms with van der Waals surface area (Å²) in [6, 6.07) is 25.0. The van der Waals surface area contributed by atoms with Gasteiger partial charge in [0.1, 0.15) is 11.5 Å². The number of nitrogens with one attached hydrogen (secondary N) is 2. The maximum atomic E-state index is 13.8. The van der Waals surface area contributed by atoms with Gasteiger partial charge in [-0.2, -0.15) is 10.2 Å². The van der Waals surface area contributed by atoms with E-state index in [1.165, 1.54) is 7.11 Å². The molecule has 0 bridgehead atoms. The smallest absolute Gasteiger partial charge is 0.337 e. The first-order valence-electron chi connectivity index (χ1n) is 15.6. The van der Waals surface area contributed by atoms with Crippen LogP contribution in [0.15, 0.2) is 91.3 Å². The first kappa shape index (κ1) is 31.7. The number of carbonyl (C=O) groups is 2. The second kappa shape index (κ2) is 14.0. The molecule has 11 nitrogen and oxygen atoms in total. The summed E-state index contributed by atoms with van der Waals surface area (Å²) < 4.78 is 13.7. The average molecular weight is 634 g/mol. The van der Waals surface area contributed by atoms with Crippen LogP contribution in [0.1, 0.15) is 27.4 Å². The van der Waals surface area contributed by atoms with Gasteiger partial charge < -0.3 is 14.8 Å². The lowest BCUT2D eigenvalue weighted by molar-refractivity contribution is 0.0600. The Bertz CT molecular complexity index is 1850. The number of anilines is 1. The van der Waals surface area contributed by atoms with E-state index in [1.54, 1.807) is 34.8 Å². The van der Waals surface area contributed by atoms with E-state index in [0.717, 1.165) is 52.3 Å². The van der Waals surface area contributed by atoms with Crippen LogP contribution in [0, 0.1) is 6.92 Å². The molecule has 1 aliphatic rings. The van der Waals surface area contributed by atoms with Crippen LogP contribution in [-0.2, 0) is 16.5 Å². The number of benzene rings is 3. The van der Waals surface area contributed by atoms with Crippen LogP contribution in [-0.4, -0.2) is 83.0 Å². The normalized spacial score (nSPS) is 16.3. The summed E-state index contributed by atoms with van der Waals surface area (Å²) in [6.07, 6.45) is 3.68. The van der Waals surface area contributed by atoms with Gasteiger partial charge in [0, 0.05) is 57.0 Å². The van der Waals surface area contributed by atoms with Crippen LogP contribution in [0.2, 0.25) is 0 Å². The zero-order valence-electron chi connectivity index (χ0n) is 27.0. The Morgan fingerprint density at radius 1 is 0.936 bits per heavy atom. The molecule has 2 N–H and O–H groups in total. The van der Waals surface area contributed by atoms with Gasteiger partial charge >= 0.3 is 12.0 Å². The van der Waals surface area contributed by atoms with Gasteiger partial charge in [0.2, 0.25) is 0 Å². The molecule has 2 aromatic heterocycles. The lowest BCUT2D eigenvalue weighted by Gasteiger charge is -2.21. The summed E-state index contributed by atoms with van der Waals surface area (Å²) >= 11 is 0. The maximum Gasteiger partial charge on any atom is 0.337 e. The summed E-state index contributed by atoms with van der Waals surface area (Å²) in [7, 11) is 4.94. The zero-order chi connectivity index (χ0) is 32.9. The number of urea groups is 1. The minimum Gasteiger partial charge on any atom is -0.465 e. The maximum absolute atomic E-state index is 13.8. The summed E-state index contributed by atoms with van der Waals surface area (Å²) in [6.45, 7) is 4.77. The first-order valence-corrected chi connectivity index (χ1v) is 15.6. The predicted octanol–water partition coefficient (Wildman–Crippen LogP) is 5.27. The lowest BCUT2D eigenvalue weighted by atomic mass is 9.91. The highest BCUT2D eigenvalue weighted by Gasteiger charge is 2.35. The second-order valence-electron chi connectivity index (χ2n) is 11.7. The molecule has 0 aliphatic carbocycles. The number of amides is 2. The molecule has 6 rings (SSSR count). The Labute approximate surface area is 274 Å². The lowest BCUT2D eigenvalue weighted by Crippen LogP contribution is -2.42. The number of hydrogen-bond donors (Lipinski definition) is 2. The third-order valence-electron chi connectivity index (χ3n) is 8.61. The van der Waals surface area contributed by atoms with Crippen molar-refractivity contribution in [2.45, 2.75) is 18.9 Å². The number of esters is 1. The number of para-hydroxylation sites is 1. The van der Waals surface area contributed by atoms with Gasteiger partial charge in [-0.1, -0.05) is 54.6 Å². The van der Waals surface area contributed by atoms with Crippen molar-refractivity contribution in [1.82, 2.24) is 29.8 Å². The molecule has 0 saturated carbocycles. The van der Waals surface area contributed by atoms with Gasteiger partial charge in [0.15, 0.2) is 0 Å². The third-order valence-corrected chi connectivity index (χ3v) is 8.61. The van der Waals surface area contributed by atoms with E-state index in [0.29, 0.717) is 24.5 Å². The van der Waals surface area contributed by atoms with E-state index in [2.05, 4.69) is 38.8 Å². The summed E-state index contributed by atoms with van der Waals surface area (Å²) in [5, 5.41) is 15.6. The first-order chi connectivity index (χ1) is 22.8. The molecule has 0 radical (unpaired) electrons. The van der Waals surface area contributed by atoms with E-state index in [4.69, 9.17) is 14.6 Å². The summed E-state index contributed by atoms with van der Waals surface area (Å²) in [4.78, 5) is 28.0. The highest BCUT2D eigenvalue weighted by molar-refractivity contribution is 5.91. The topological polar surface area (TPSA) is 116 Å². The number of methoxy groups -OCH3 is 2. The van der Waals surface area contributed by atoms with Crippen LogP contribution in [0.4, 0.5) is 10.6 Å². The third kappa shape index (κ3) is 6.96. The average Bonchev–Trinajstić information content (AvgIpc) is 3.80. The van der Waals surface area contributed by atoms with Gasteiger partial charge in [0.25, 0.3) is 0 Å². The van der Waals surface area contributed by atoms with Crippen molar-refractivity contribution in [3.8, 4) is 28.1 Å². The van der Waals surface area contributed by atoms with Crippen LogP contribution < -0.4 is 10.6 Å². The minimum absolute atomic E-state index is 0.0398. The standard InChI is InChI=1S/C36H39N7O4/c1-24-33(29-20-37-41(2)21-29)40-43(30-11-6-5-7-12-30)34(24)39-36(45)38-32-23-42(17-18-46-3)22-31(32)28-10-8-9-27(19-28)25-13-15-26(16-14-25)35(44)47-4/h5-16,19-21,31-32H,17-18,22-23H2,1-4H3,(H2,38,39,45)/t31-,32+/m0/s1. The van der Waals surface area contributed by atoms with Crippen LogP contribution in [0.25, 0.3) is 28.1 Å². The van der Waals surface area contributed by atoms with Gasteiger partial charge in [-0.3, -0.25) is 14.9 Å². The number of hydrogen-bond acceptors (Lipinski definition) is 7. The van der Waals surface area contributed by atoms with Crippen LogP contribution in [0.3, 0.4) is 0 Å². The van der Waals surface area contributed by atoms with Crippen molar-refractivity contribution in [3.63, 3.8) is 0 Å². The quantitative estimate of drug-likeness (QED) is 0.201. The number of likely N-dealkylation sites (tertiary alicyclic amines) is 1. The number of aryl methyl sites for hydroxylation is 1. The fraction of sp³-hybridized carbons (Fsp3) is 0.278. The van der Waals surface area contributed by atoms with Crippen LogP contribution >= 0.6 is 0 Å². The number of aromatic nitrogens is 4. The molecular formula is C36H39N7O4. The van der Waals surface area contributed by atoms with Crippen molar-refractivity contribution in [2.75, 3.05) is 45.8 Å². The molecule has 47 heavy (non-hydrogen) atoms. The van der Waals surface area contributed by atoms with Crippen molar-refractivity contribution < 1.29 is 19.1 Å². The van der Waals surface area contributed by atoms with E-state index in [9.17, 15) is 9.59 Å². The van der Waals surface area contributed by atoms with Gasteiger partial charge in [0.05, 0.1) is 37.2 Å². The molecule has 5 aromatic rings. The van der Waals surface area contributed by atoms with Gasteiger partial charge in [-0.15, -0.1) is 0 Å². The molecule has 3 aromatic carbocycles. The minimum atomic E-state index is -0.366. The Hall–Kier alpha value is -5.26. The highest BCUT2D eigenvalue weighted by Crippen LogP contribution is 2.33. The fourth-order valence-electron chi connectivity index (χ4n) is 6.17. The molecule has 0 spiro atoms.